The van der Waals surface area contributed by atoms with Crippen LogP contribution in [-0.2, 0) is 0 Å². The highest BCUT2D eigenvalue weighted by Gasteiger charge is 2.20. The molecular weight excluding hydrogens is 283 g/mol. The minimum absolute atomic E-state index is 0.198. The summed E-state index contributed by atoms with van der Waals surface area (Å²) in [5, 5.41) is 3.59. The molecule has 0 atom stereocenters. The normalized spacial score (nSPS) is 15.2. The third-order valence-corrected chi connectivity index (χ3v) is 4.17. The van der Waals surface area contributed by atoms with Crippen molar-refractivity contribution in [1.29, 1.82) is 0 Å². The van der Waals surface area contributed by atoms with Gasteiger partial charge in [0.15, 0.2) is 0 Å². The minimum Gasteiger partial charge on any atom is -0.496 e. The molecule has 4 nitrogen and oxygen atoms in total. The van der Waals surface area contributed by atoms with E-state index in [1.54, 1.807) is 13.0 Å². The summed E-state index contributed by atoms with van der Waals surface area (Å²) in [5.41, 5.74) is 1.59. The van der Waals surface area contributed by atoms with Gasteiger partial charge in [-0.25, -0.2) is 9.37 Å². The van der Waals surface area contributed by atoms with Gasteiger partial charge in [0.2, 0.25) is 0 Å². The number of carbonyl (C=O) groups is 1. The SMILES string of the molecule is COc1cc(C(=O)NC2CCCC2)nc2c(C)cc(F)cc12. The lowest BCUT2D eigenvalue weighted by Crippen LogP contribution is -2.33. The van der Waals surface area contributed by atoms with Crippen LogP contribution in [-0.4, -0.2) is 24.0 Å². The quantitative estimate of drug-likeness (QED) is 0.946. The van der Waals surface area contributed by atoms with E-state index in [2.05, 4.69) is 10.3 Å². The van der Waals surface area contributed by atoms with Crippen LogP contribution in [0.15, 0.2) is 18.2 Å². The first-order valence-corrected chi connectivity index (χ1v) is 7.54. The molecule has 1 aromatic carbocycles. The van der Waals surface area contributed by atoms with E-state index in [9.17, 15) is 9.18 Å². The maximum atomic E-state index is 13.6. The van der Waals surface area contributed by atoms with Crippen LogP contribution in [0.2, 0.25) is 0 Å². The fourth-order valence-corrected chi connectivity index (χ4v) is 3.04. The molecule has 0 aliphatic heterocycles. The molecule has 0 bridgehead atoms. The molecule has 1 saturated carbocycles. The number of rotatable bonds is 3. The van der Waals surface area contributed by atoms with Gasteiger partial charge in [-0.3, -0.25) is 4.79 Å². The maximum Gasteiger partial charge on any atom is 0.270 e. The predicted octanol–water partition coefficient (Wildman–Crippen LogP) is 3.36. The number of carbonyl (C=O) groups excluding carboxylic acids is 1. The topological polar surface area (TPSA) is 51.2 Å². The van der Waals surface area contributed by atoms with Crippen LogP contribution in [0, 0.1) is 12.7 Å². The van der Waals surface area contributed by atoms with Crippen LogP contribution in [0.25, 0.3) is 10.9 Å². The first-order valence-electron chi connectivity index (χ1n) is 7.54. The van der Waals surface area contributed by atoms with Crippen LogP contribution in [0.1, 0.15) is 41.7 Å². The second kappa shape index (κ2) is 5.91. The number of amides is 1. The Hall–Kier alpha value is -2.17. The number of fused-ring (bicyclic) bond motifs is 1. The Morgan fingerprint density at radius 2 is 2.05 bits per heavy atom. The summed E-state index contributed by atoms with van der Waals surface area (Å²) < 4.78 is 18.9. The number of hydrogen-bond acceptors (Lipinski definition) is 3. The van der Waals surface area contributed by atoms with Crippen LogP contribution in [0.3, 0.4) is 0 Å². The van der Waals surface area contributed by atoms with Crippen LogP contribution in [0.4, 0.5) is 4.39 Å². The van der Waals surface area contributed by atoms with Crippen molar-refractivity contribution in [3.05, 3.63) is 35.3 Å². The molecule has 0 unspecified atom stereocenters. The summed E-state index contributed by atoms with van der Waals surface area (Å²) in [5.74, 6) is -0.0757. The van der Waals surface area contributed by atoms with Gasteiger partial charge < -0.3 is 10.1 Å². The van der Waals surface area contributed by atoms with Crippen molar-refractivity contribution in [3.8, 4) is 5.75 Å². The van der Waals surface area contributed by atoms with E-state index in [4.69, 9.17) is 4.74 Å². The molecule has 0 radical (unpaired) electrons. The third kappa shape index (κ3) is 2.75. The number of nitrogens with zero attached hydrogens (tertiary/aromatic N) is 1. The van der Waals surface area contributed by atoms with Gasteiger partial charge in [-0.2, -0.15) is 0 Å². The summed E-state index contributed by atoms with van der Waals surface area (Å²) in [4.78, 5) is 16.8. The van der Waals surface area contributed by atoms with E-state index in [-0.39, 0.29) is 17.8 Å². The molecule has 0 spiro atoms. The molecule has 1 N–H and O–H groups in total. The minimum atomic E-state index is -0.340. The molecular formula is C17H19FN2O2. The first kappa shape index (κ1) is 14.8. The molecule has 116 valence electrons. The Balaban J connectivity index is 2.01. The molecule has 1 heterocycles. The van der Waals surface area contributed by atoms with Crippen molar-refractivity contribution in [2.45, 2.75) is 38.6 Å². The van der Waals surface area contributed by atoms with Crippen molar-refractivity contribution < 1.29 is 13.9 Å². The van der Waals surface area contributed by atoms with E-state index >= 15 is 0 Å². The van der Waals surface area contributed by atoms with Gasteiger partial charge in [0.1, 0.15) is 17.3 Å². The molecule has 1 aliphatic rings. The van der Waals surface area contributed by atoms with E-state index in [0.717, 1.165) is 25.7 Å². The molecule has 5 heteroatoms. The summed E-state index contributed by atoms with van der Waals surface area (Å²) >= 11 is 0. The number of benzene rings is 1. The number of methoxy groups -OCH3 is 1. The molecule has 3 rings (SSSR count). The summed E-state index contributed by atoms with van der Waals surface area (Å²) in [6, 6.07) is 4.59. The van der Waals surface area contributed by atoms with E-state index in [1.165, 1.54) is 19.2 Å². The Kier molecular flexibility index (Phi) is 3.96. The van der Waals surface area contributed by atoms with Gasteiger partial charge in [0, 0.05) is 17.5 Å². The van der Waals surface area contributed by atoms with E-state index < -0.39 is 0 Å². The number of pyridine rings is 1. The average Bonchev–Trinajstić information content (AvgIpc) is 2.99. The lowest BCUT2D eigenvalue weighted by atomic mass is 10.1. The van der Waals surface area contributed by atoms with Gasteiger partial charge in [-0.15, -0.1) is 0 Å². The summed E-state index contributed by atoms with van der Waals surface area (Å²) in [6.45, 7) is 1.77. The molecule has 1 aromatic heterocycles. The average molecular weight is 302 g/mol. The largest absolute Gasteiger partial charge is 0.496 e. The lowest BCUT2D eigenvalue weighted by molar-refractivity contribution is 0.0933. The Labute approximate surface area is 128 Å². The van der Waals surface area contributed by atoms with Gasteiger partial charge in [-0.05, 0) is 37.5 Å². The zero-order valence-electron chi connectivity index (χ0n) is 12.8. The lowest BCUT2D eigenvalue weighted by Gasteiger charge is -2.14. The zero-order chi connectivity index (χ0) is 15.7. The molecule has 0 saturated heterocycles. The van der Waals surface area contributed by atoms with Crippen molar-refractivity contribution in [2.75, 3.05) is 7.11 Å². The Morgan fingerprint density at radius 1 is 1.32 bits per heavy atom. The smallest absolute Gasteiger partial charge is 0.270 e. The summed E-state index contributed by atoms with van der Waals surface area (Å²) in [7, 11) is 1.51. The third-order valence-electron chi connectivity index (χ3n) is 4.17. The fraction of sp³-hybridized carbons (Fsp3) is 0.412. The second-order valence-corrected chi connectivity index (χ2v) is 5.78. The van der Waals surface area contributed by atoms with Crippen molar-refractivity contribution in [1.82, 2.24) is 10.3 Å². The van der Waals surface area contributed by atoms with Crippen LogP contribution >= 0.6 is 0 Å². The summed E-state index contributed by atoms with van der Waals surface area (Å²) in [6.07, 6.45) is 4.33. The Bertz CT molecular complexity index is 724. The standard InChI is InChI=1S/C17H19FN2O2/c1-10-7-11(18)8-13-15(22-2)9-14(20-16(10)13)17(21)19-12-5-3-4-6-12/h7-9,12H,3-6H2,1-2H3,(H,19,21). The van der Waals surface area contributed by atoms with Crippen molar-refractivity contribution in [2.24, 2.45) is 0 Å². The van der Waals surface area contributed by atoms with Crippen LogP contribution in [0.5, 0.6) is 5.75 Å². The van der Waals surface area contributed by atoms with Gasteiger partial charge >= 0.3 is 0 Å². The van der Waals surface area contributed by atoms with Gasteiger partial charge in [0.05, 0.1) is 12.6 Å². The number of halogens is 1. The van der Waals surface area contributed by atoms with Crippen molar-refractivity contribution >= 4 is 16.8 Å². The van der Waals surface area contributed by atoms with Gasteiger partial charge in [0.25, 0.3) is 5.91 Å². The van der Waals surface area contributed by atoms with E-state index in [1.807, 2.05) is 0 Å². The molecule has 1 fully saturated rings. The molecule has 2 aromatic rings. The highest BCUT2D eigenvalue weighted by molar-refractivity contribution is 5.97. The number of nitrogens with one attached hydrogen (secondary N) is 1. The number of ether oxygens (including phenoxy) is 1. The Morgan fingerprint density at radius 3 is 2.73 bits per heavy atom. The zero-order valence-corrected chi connectivity index (χ0v) is 12.8. The number of aryl methyl sites for hydroxylation is 1. The predicted molar refractivity (Wildman–Crippen MR) is 82.7 cm³/mol. The monoisotopic (exact) mass is 302 g/mol. The molecule has 22 heavy (non-hydrogen) atoms. The number of aromatic nitrogens is 1. The molecule has 1 aliphatic carbocycles. The molecule has 1 amide bonds. The highest BCUT2D eigenvalue weighted by atomic mass is 19.1. The maximum absolute atomic E-state index is 13.6. The highest BCUT2D eigenvalue weighted by Crippen LogP contribution is 2.28. The fourth-order valence-electron chi connectivity index (χ4n) is 3.04. The van der Waals surface area contributed by atoms with Gasteiger partial charge in [-0.1, -0.05) is 12.8 Å². The first-order chi connectivity index (χ1) is 10.6. The van der Waals surface area contributed by atoms with Crippen molar-refractivity contribution in [3.63, 3.8) is 0 Å². The van der Waals surface area contributed by atoms with Crippen LogP contribution < -0.4 is 10.1 Å². The second-order valence-electron chi connectivity index (χ2n) is 5.78. The van der Waals surface area contributed by atoms with E-state index in [0.29, 0.717) is 27.9 Å². The number of hydrogen-bond donors (Lipinski definition) is 1.